The molecule has 1 aliphatic rings. The van der Waals surface area contributed by atoms with E-state index in [1.54, 1.807) is 6.21 Å². The van der Waals surface area contributed by atoms with Crippen molar-refractivity contribution >= 4 is 29.5 Å². The summed E-state index contributed by atoms with van der Waals surface area (Å²) in [6.07, 6.45) is 2.72. The molecule has 0 spiro atoms. The lowest BCUT2D eigenvalue weighted by Gasteiger charge is -2.20. The minimum absolute atomic E-state index is 0.0782. The van der Waals surface area contributed by atoms with Gasteiger partial charge in [-0.25, -0.2) is 0 Å². The lowest BCUT2D eigenvalue weighted by atomic mass is 9.90. The van der Waals surface area contributed by atoms with E-state index in [-0.39, 0.29) is 24.7 Å². The molecule has 178 valence electrons. The van der Waals surface area contributed by atoms with Gasteiger partial charge in [0.2, 0.25) is 0 Å². The Hall–Kier alpha value is -2.80. The first-order valence-electron chi connectivity index (χ1n) is 11.5. The van der Waals surface area contributed by atoms with Gasteiger partial charge >= 0.3 is 0 Å². The van der Waals surface area contributed by atoms with Gasteiger partial charge in [0.05, 0.1) is 22.6 Å². The summed E-state index contributed by atoms with van der Waals surface area (Å²) < 4.78 is 5.71. The van der Waals surface area contributed by atoms with E-state index in [0.29, 0.717) is 5.75 Å². The van der Waals surface area contributed by atoms with E-state index in [2.05, 4.69) is 37.3 Å². The summed E-state index contributed by atoms with van der Waals surface area (Å²) in [5.74, 6) is 0.888. The molecule has 1 heterocycles. The van der Waals surface area contributed by atoms with Crippen LogP contribution in [0.25, 0.3) is 11.1 Å². The zero-order valence-electron chi connectivity index (χ0n) is 20.4. The molecule has 1 atom stereocenters. The fraction of sp³-hybridized carbons (Fsp3) is 0.357. The molecule has 3 N–H and O–H groups in total. The predicted octanol–water partition coefficient (Wildman–Crippen LogP) is 5.67. The van der Waals surface area contributed by atoms with Gasteiger partial charge in [0, 0.05) is 22.5 Å². The molecule has 34 heavy (non-hydrogen) atoms. The highest BCUT2D eigenvalue weighted by Crippen LogP contribution is 2.46. The van der Waals surface area contributed by atoms with Gasteiger partial charge in [-0.15, -0.1) is 11.3 Å². The Labute approximate surface area is 205 Å². The number of carbonyl (C=O) groups excluding carboxylic acids is 1. The van der Waals surface area contributed by atoms with E-state index in [4.69, 9.17) is 15.5 Å². The van der Waals surface area contributed by atoms with E-state index >= 15 is 0 Å². The highest BCUT2D eigenvalue weighted by Gasteiger charge is 2.28. The largest absolute Gasteiger partial charge is 0.490 e. The quantitative estimate of drug-likeness (QED) is 0.324. The molecule has 6 heteroatoms. The molecule has 3 aromatic rings. The molecule has 1 aliphatic carbocycles. The van der Waals surface area contributed by atoms with Crippen molar-refractivity contribution in [3.8, 4) is 16.9 Å². The molecule has 0 amide bonds. The highest BCUT2D eigenvalue weighted by molar-refractivity contribution is 7.14. The van der Waals surface area contributed by atoms with Crippen LogP contribution >= 0.6 is 11.3 Å². The molecule has 2 aromatic carbocycles. The number of benzene rings is 2. The predicted molar refractivity (Wildman–Crippen MR) is 140 cm³/mol. The van der Waals surface area contributed by atoms with Crippen LogP contribution in [-0.4, -0.2) is 30.8 Å². The maximum absolute atomic E-state index is 11.5. The number of thiophene rings is 1. The SMILES string of the molecule is CC1c2cc(N=Cc3sc(C(C)(C)C=O)cc3OCCO)ccc2-c2ccc(C(C)(C)N)cc21. The monoisotopic (exact) mass is 476 g/mol. The fourth-order valence-electron chi connectivity index (χ4n) is 4.22. The van der Waals surface area contributed by atoms with Gasteiger partial charge in [-0.3, -0.25) is 4.99 Å². The van der Waals surface area contributed by atoms with Crippen LogP contribution in [0.2, 0.25) is 0 Å². The number of carbonyl (C=O) groups is 1. The maximum Gasteiger partial charge on any atom is 0.139 e. The lowest BCUT2D eigenvalue weighted by Crippen LogP contribution is -2.28. The maximum atomic E-state index is 11.5. The first kappa shape index (κ1) is 24.3. The number of hydrogen-bond acceptors (Lipinski definition) is 6. The van der Waals surface area contributed by atoms with Crippen molar-refractivity contribution in [1.29, 1.82) is 0 Å². The third kappa shape index (κ3) is 4.58. The van der Waals surface area contributed by atoms with Crippen LogP contribution in [0.4, 0.5) is 5.69 Å². The number of nitrogens with zero attached hydrogens (tertiary/aromatic N) is 1. The number of aliphatic imine (C=N–C) groups is 1. The van der Waals surface area contributed by atoms with E-state index in [1.807, 2.05) is 39.8 Å². The normalized spacial score (nSPS) is 15.4. The number of fused-ring (bicyclic) bond motifs is 3. The number of aliphatic hydroxyl groups excluding tert-OH is 1. The minimum atomic E-state index is -0.611. The molecule has 0 saturated heterocycles. The molecule has 0 fully saturated rings. The Balaban J connectivity index is 1.65. The molecular weight excluding hydrogens is 444 g/mol. The van der Waals surface area contributed by atoms with E-state index in [9.17, 15) is 9.90 Å². The Morgan fingerprint density at radius 3 is 2.41 bits per heavy atom. The van der Waals surface area contributed by atoms with Crippen LogP contribution in [0, 0.1) is 0 Å². The van der Waals surface area contributed by atoms with Crippen LogP contribution in [0.3, 0.4) is 0 Å². The summed E-state index contributed by atoms with van der Waals surface area (Å²) in [6, 6.07) is 14.7. The highest BCUT2D eigenvalue weighted by atomic mass is 32.1. The van der Waals surface area contributed by atoms with Crippen molar-refractivity contribution in [1.82, 2.24) is 0 Å². The van der Waals surface area contributed by atoms with Gasteiger partial charge in [-0.05, 0) is 73.7 Å². The van der Waals surface area contributed by atoms with Crippen molar-refractivity contribution in [2.75, 3.05) is 13.2 Å². The molecular formula is C28H32N2O3S. The van der Waals surface area contributed by atoms with Gasteiger partial charge in [0.15, 0.2) is 0 Å². The third-order valence-electron chi connectivity index (χ3n) is 6.39. The van der Waals surface area contributed by atoms with Crippen molar-refractivity contribution in [3.05, 3.63) is 68.9 Å². The van der Waals surface area contributed by atoms with E-state index < -0.39 is 5.41 Å². The van der Waals surface area contributed by atoms with Gasteiger partial charge in [-0.1, -0.05) is 31.2 Å². The number of aliphatic hydroxyl groups is 1. The molecule has 0 bridgehead atoms. The number of ether oxygens (including phenoxy) is 1. The summed E-state index contributed by atoms with van der Waals surface area (Å²) in [4.78, 5) is 18.0. The lowest BCUT2D eigenvalue weighted by molar-refractivity contribution is -0.111. The second-order valence-electron chi connectivity index (χ2n) is 10.0. The Morgan fingerprint density at radius 2 is 1.76 bits per heavy atom. The Kier molecular flexibility index (Phi) is 6.51. The van der Waals surface area contributed by atoms with Crippen LogP contribution in [0.5, 0.6) is 5.75 Å². The molecule has 4 rings (SSSR count). The van der Waals surface area contributed by atoms with Crippen molar-refractivity contribution in [2.45, 2.75) is 51.5 Å². The topological polar surface area (TPSA) is 84.9 Å². The first-order chi connectivity index (χ1) is 16.0. The average molecular weight is 477 g/mol. The first-order valence-corrected chi connectivity index (χ1v) is 12.3. The van der Waals surface area contributed by atoms with Crippen LogP contribution < -0.4 is 10.5 Å². The molecule has 1 aromatic heterocycles. The second-order valence-corrected chi connectivity index (χ2v) is 11.1. The summed E-state index contributed by atoms with van der Waals surface area (Å²) in [5.41, 5.74) is 12.4. The van der Waals surface area contributed by atoms with Crippen LogP contribution in [-0.2, 0) is 15.7 Å². The summed E-state index contributed by atoms with van der Waals surface area (Å²) in [6.45, 7) is 10.1. The van der Waals surface area contributed by atoms with E-state index in [1.165, 1.54) is 33.6 Å². The molecule has 5 nitrogen and oxygen atoms in total. The number of aldehydes is 1. The number of rotatable bonds is 8. The zero-order valence-corrected chi connectivity index (χ0v) is 21.2. The zero-order chi connectivity index (χ0) is 24.7. The standard InChI is InChI=1S/C28H32N2O3S/c1-17-22-12-18(28(4,5)29)6-8-20(22)21-9-7-19(13-23(17)21)30-15-25-24(33-11-10-31)14-26(34-25)27(2,3)16-32/h6-9,12-17,31H,10-11,29H2,1-5H3. The molecule has 0 saturated carbocycles. The van der Waals surface area contributed by atoms with Crippen LogP contribution in [0.1, 0.15) is 67.0 Å². The van der Waals surface area contributed by atoms with Crippen molar-refractivity contribution < 1.29 is 14.6 Å². The van der Waals surface area contributed by atoms with Crippen LogP contribution in [0.15, 0.2) is 47.5 Å². The van der Waals surface area contributed by atoms with Crippen molar-refractivity contribution in [3.63, 3.8) is 0 Å². The smallest absolute Gasteiger partial charge is 0.139 e. The molecule has 0 aliphatic heterocycles. The summed E-state index contributed by atoms with van der Waals surface area (Å²) in [7, 11) is 0. The van der Waals surface area contributed by atoms with Crippen molar-refractivity contribution in [2.24, 2.45) is 10.7 Å². The summed E-state index contributed by atoms with van der Waals surface area (Å²) in [5, 5.41) is 9.17. The second kappa shape index (κ2) is 9.10. The average Bonchev–Trinajstić information content (AvgIpc) is 3.35. The number of hydrogen-bond donors (Lipinski definition) is 2. The van der Waals surface area contributed by atoms with Gasteiger partial charge < -0.3 is 20.4 Å². The summed E-state index contributed by atoms with van der Waals surface area (Å²) >= 11 is 1.48. The van der Waals surface area contributed by atoms with Gasteiger partial charge in [0.25, 0.3) is 0 Å². The molecule has 0 radical (unpaired) electrons. The minimum Gasteiger partial charge on any atom is -0.490 e. The van der Waals surface area contributed by atoms with Gasteiger partial charge in [-0.2, -0.15) is 0 Å². The molecule has 1 unspecified atom stereocenters. The third-order valence-corrected chi connectivity index (χ3v) is 7.78. The van der Waals surface area contributed by atoms with E-state index in [0.717, 1.165) is 27.3 Å². The Bertz CT molecular complexity index is 1250. The Morgan fingerprint density at radius 1 is 1.09 bits per heavy atom. The van der Waals surface area contributed by atoms with Gasteiger partial charge in [0.1, 0.15) is 18.6 Å². The number of nitrogens with two attached hydrogens (primary N) is 1. The fourth-order valence-corrected chi connectivity index (χ4v) is 5.26.